The smallest absolute Gasteiger partial charge is 0.272 e. The summed E-state index contributed by atoms with van der Waals surface area (Å²) in [5.74, 6) is 0. The lowest BCUT2D eigenvalue weighted by molar-refractivity contribution is 0.444. The van der Waals surface area contributed by atoms with Gasteiger partial charge in [0.25, 0.3) is 7.52 Å². The first-order valence-electron chi connectivity index (χ1n) is 5.15. The second-order valence-electron chi connectivity index (χ2n) is 3.76. The van der Waals surface area contributed by atoms with E-state index in [1.54, 1.807) is 0 Å². The highest BCUT2D eigenvalue weighted by Gasteiger charge is 2.21. The Morgan fingerprint density at radius 3 is 2.93 bits per heavy atom. The first-order chi connectivity index (χ1) is 7.03. The maximum atomic E-state index is 11.8. The van der Waals surface area contributed by atoms with Crippen LogP contribution in [0.5, 0.6) is 0 Å². The molecule has 1 rings (SSSR count). The summed E-state index contributed by atoms with van der Waals surface area (Å²) in [7, 11) is -3.21. The molecule has 0 aliphatic rings. The molecule has 2 unspecified atom stereocenters. The van der Waals surface area contributed by atoms with E-state index in [2.05, 4.69) is 12.0 Å². The van der Waals surface area contributed by atoms with E-state index in [9.17, 15) is 9.46 Å². The Morgan fingerprint density at radius 1 is 1.67 bits per heavy atom. The van der Waals surface area contributed by atoms with Crippen LogP contribution in [0.15, 0.2) is 17.5 Å². The van der Waals surface area contributed by atoms with Crippen molar-refractivity contribution in [1.29, 1.82) is 0 Å². The van der Waals surface area contributed by atoms with Gasteiger partial charge in [0.05, 0.1) is 6.16 Å². The second-order valence-corrected chi connectivity index (χ2v) is 6.77. The molecule has 1 aromatic heterocycles. The molecule has 5 heteroatoms. The van der Waals surface area contributed by atoms with Gasteiger partial charge < -0.3 is 4.89 Å². The van der Waals surface area contributed by atoms with Gasteiger partial charge in [-0.15, -0.1) is 11.3 Å². The summed E-state index contributed by atoms with van der Waals surface area (Å²) in [6.07, 6.45) is 2.18. The maximum Gasteiger partial charge on any atom is 0.272 e. The van der Waals surface area contributed by atoms with E-state index >= 15 is 0 Å². The van der Waals surface area contributed by atoms with E-state index in [-0.39, 0.29) is 12.2 Å². The molecule has 3 nitrogen and oxygen atoms in total. The molecular weight excluding hydrogens is 229 g/mol. The van der Waals surface area contributed by atoms with E-state index in [0.29, 0.717) is 0 Å². The van der Waals surface area contributed by atoms with Crippen molar-refractivity contribution < 1.29 is 9.46 Å². The predicted octanol–water partition coefficient (Wildman–Crippen LogP) is 3.21. The van der Waals surface area contributed by atoms with Crippen LogP contribution in [-0.4, -0.2) is 10.9 Å². The van der Waals surface area contributed by atoms with Crippen molar-refractivity contribution in [2.24, 2.45) is 0 Å². The molecule has 15 heavy (non-hydrogen) atoms. The van der Waals surface area contributed by atoms with E-state index in [1.165, 1.54) is 11.3 Å². The fourth-order valence-corrected chi connectivity index (χ4v) is 4.25. The van der Waals surface area contributed by atoms with Gasteiger partial charge in [-0.05, 0) is 24.8 Å². The first-order valence-corrected chi connectivity index (χ1v) is 7.88. The lowest BCUT2D eigenvalue weighted by atomic mass is 10.2. The Kier molecular flexibility index (Phi) is 5.00. The van der Waals surface area contributed by atoms with E-state index < -0.39 is 7.52 Å². The predicted molar refractivity (Wildman–Crippen MR) is 65.4 cm³/mol. The van der Waals surface area contributed by atoms with Crippen LogP contribution in [0.25, 0.3) is 0 Å². The maximum absolute atomic E-state index is 11.8. The van der Waals surface area contributed by atoms with Crippen LogP contribution in [0.4, 0.5) is 0 Å². The summed E-state index contributed by atoms with van der Waals surface area (Å²) in [5, 5.41) is 4.73. The summed E-state index contributed by atoms with van der Waals surface area (Å²) >= 11 is 1.52. The van der Waals surface area contributed by atoms with Gasteiger partial charge in [-0.1, -0.05) is 19.4 Å². The summed E-state index contributed by atoms with van der Waals surface area (Å²) in [4.78, 5) is 10.7. The highest BCUT2D eigenvalue weighted by Crippen LogP contribution is 2.41. The Bertz CT molecular complexity index is 326. The Hall–Kier alpha value is -0.150. The molecule has 0 spiro atoms. The molecule has 0 bridgehead atoms. The summed E-state index contributed by atoms with van der Waals surface area (Å²) in [6.45, 7) is 4.01. The molecule has 0 radical (unpaired) electrons. The zero-order chi connectivity index (χ0) is 11.3. The minimum atomic E-state index is -3.21. The summed E-state index contributed by atoms with van der Waals surface area (Å²) in [6, 6.07) is 3.89. The van der Waals surface area contributed by atoms with Crippen LogP contribution in [0.1, 0.15) is 31.6 Å². The summed E-state index contributed by atoms with van der Waals surface area (Å²) in [5.41, 5.74) is 0. The van der Waals surface area contributed by atoms with Crippen molar-refractivity contribution in [3.63, 3.8) is 0 Å². The van der Waals surface area contributed by atoms with Gasteiger partial charge >= 0.3 is 0 Å². The Balaban J connectivity index is 2.48. The monoisotopic (exact) mass is 247 g/mol. The van der Waals surface area contributed by atoms with Crippen LogP contribution in [0.2, 0.25) is 0 Å². The van der Waals surface area contributed by atoms with Crippen LogP contribution < -0.4 is 5.09 Å². The second kappa shape index (κ2) is 5.80. The Morgan fingerprint density at radius 2 is 2.40 bits per heavy atom. The van der Waals surface area contributed by atoms with Gasteiger partial charge in [-0.2, -0.15) is 0 Å². The van der Waals surface area contributed by atoms with E-state index in [0.717, 1.165) is 17.7 Å². The standard InChI is InChI=1S/C10H18NO2PS/c1-3-5-9(2)11-14(12,13)8-10-6-4-7-15-10/h4,6-7,9H,3,5,8H2,1-2H3,(H2,11,12,13). The fourth-order valence-electron chi connectivity index (χ4n) is 1.50. The zero-order valence-corrected chi connectivity index (χ0v) is 10.9. The molecule has 0 aliphatic heterocycles. The lowest BCUT2D eigenvalue weighted by Crippen LogP contribution is -2.23. The zero-order valence-electron chi connectivity index (χ0n) is 9.14. The topological polar surface area (TPSA) is 49.3 Å². The first kappa shape index (κ1) is 12.9. The molecule has 0 aliphatic carbocycles. The van der Waals surface area contributed by atoms with Crippen LogP contribution in [-0.2, 0) is 10.7 Å². The van der Waals surface area contributed by atoms with Gasteiger partial charge in [0, 0.05) is 10.9 Å². The average molecular weight is 247 g/mol. The van der Waals surface area contributed by atoms with Crippen molar-refractivity contribution in [2.45, 2.75) is 38.9 Å². The van der Waals surface area contributed by atoms with Crippen LogP contribution >= 0.6 is 18.9 Å². The van der Waals surface area contributed by atoms with Crippen molar-refractivity contribution in [3.05, 3.63) is 22.4 Å². The largest absolute Gasteiger partial charge is 0.333 e. The molecule has 0 fully saturated rings. The molecule has 2 N–H and O–H groups in total. The van der Waals surface area contributed by atoms with Gasteiger partial charge in [-0.25, -0.2) is 5.09 Å². The average Bonchev–Trinajstić information content (AvgIpc) is 2.54. The number of hydrogen-bond acceptors (Lipinski definition) is 2. The van der Waals surface area contributed by atoms with Gasteiger partial charge in [0.2, 0.25) is 0 Å². The van der Waals surface area contributed by atoms with E-state index in [1.807, 2.05) is 24.4 Å². The third kappa shape index (κ3) is 4.94. The minimum Gasteiger partial charge on any atom is -0.333 e. The molecule has 1 aromatic rings. The Labute approximate surface area is 95.0 Å². The molecule has 0 saturated heterocycles. The van der Waals surface area contributed by atoms with Gasteiger partial charge in [0.15, 0.2) is 0 Å². The number of thiophene rings is 1. The van der Waals surface area contributed by atoms with E-state index in [4.69, 9.17) is 0 Å². The third-order valence-electron chi connectivity index (χ3n) is 2.09. The van der Waals surface area contributed by atoms with Crippen molar-refractivity contribution in [3.8, 4) is 0 Å². The molecule has 86 valence electrons. The molecular formula is C10H18NO2PS. The highest BCUT2D eigenvalue weighted by atomic mass is 32.1. The number of rotatable bonds is 6. The number of nitrogens with one attached hydrogen (secondary N) is 1. The van der Waals surface area contributed by atoms with Crippen LogP contribution in [0, 0.1) is 0 Å². The molecule has 0 aromatic carbocycles. The molecule has 1 heterocycles. The van der Waals surface area contributed by atoms with Crippen LogP contribution in [0.3, 0.4) is 0 Å². The van der Waals surface area contributed by atoms with Crippen molar-refractivity contribution in [1.82, 2.24) is 5.09 Å². The van der Waals surface area contributed by atoms with Gasteiger partial charge in [0.1, 0.15) is 0 Å². The molecule has 0 amide bonds. The fraction of sp³-hybridized carbons (Fsp3) is 0.600. The molecule has 2 atom stereocenters. The van der Waals surface area contributed by atoms with Crippen molar-refractivity contribution >= 4 is 18.9 Å². The van der Waals surface area contributed by atoms with Gasteiger partial charge in [-0.3, -0.25) is 4.57 Å². The minimum absolute atomic E-state index is 0.103. The normalized spacial score (nSPS) is 17.3. The highest BCUT2D eigenvalue weighted by molar-refractivity contribution is 7.55. The quantitative estimate of drug-likeness (QED) is 0.759. The SMILES string of the molecule is CCCC(C)NP(=O)(O)Cc1cccs1. The van der Waals surface area contributed by atoms with Crippen molar-refractivity contribution in [2.75, 3.05) is 0 Å². The lowest BCUT2D eigenvalue weighted by Gasteiger charge is -2.17. The summed E-state index contributed by atoms with van der Waals surface area (Å²) < 4.78 is 11.8. The molecule has 0 saturated carbocycles. The third-order valence-corrected chi connectivity index (χ3v) is 4.80. The number of hydrogen-bond donors (Lipinski definition) is 2.